The van der Waals surface area contributed by atoms with Gasteiger partial charge in [-0.25, -0.2) is 9.97 Å². The van der Waals surface area contributed by atoms with Gasteiger partial charge in [0.25, 0.3) is 0 Å². The van der Waals surface area contributed by atoms with Crippen LogP contribution in [0.3, 0.4) is 0 Å². The van der Waals surface area contributed by atoms with Crippen molar-refractivity contribution in [3.63, 3.8) is 0 Å². The van der Waals surface area contributed by atoms with Crippen molar-refractivity contribution in [2.75, 3.05) is 14.2 Å². The maximum Gasteiger partial charge on any atom is 0.215 e. The molecule has 4 aromatic rings. The molecule has 0 fully saturated rings. The van der Waals surface area contributed by atoms with E-state index in [9.17, 15) is 0 Å². The number of H-pyrrole nitrogens is 1. The number of aromatic amines is 1. The van der Waals surface area contributed by atoms with Gasteiger partial charge in [-0.15, -0.1) is 5.10 Å². The van der Waals surface area contributed by atoms with Gasteiger partial charge < -0.3 is 9.47 Å². The van der Waals surface area contributed by atoms with Gasteiger partial charge in [0.05, 0.1) is 37.0 Å². The van der Waals surface area contributed by atoms with Gasteiger partial charge in [-0.1, -0.05) is 12.1 Å². The van der Waals surface area contributed by atoms with Crippen LogP contribution in [-0.4, -0.2) is 39.4 Å². The molecule has 0 saturated heterocycles. The van der Waals surface area contributed by atoms with Crippen LogP contribution < -0.4 is 9.47 Å². The summed E-state index contributed by atoms with van der Waals surface area (Å²) in [6.07, 6.45) is 1.72. The molecule has 0 bridgehead atoms. The average Bonchev–Trinajstić information content (AvgIpc) is 3.15. The van der Waals surface area contributed by atoms with Crippen LogP contribution in [0, 0.1) is 0 Å². The van der Waals surface area contributed by atoms with Gasteiger partial charge in [-0.3, -0.25) is 10.1 Å². The Morgan fingerprint density at radius 3 is 2.62 bits per heavy atom. The molecular formula is C18H15N5O2S. The third kappa shape index (κ3) is 3.18. The summed E-state index contributed by atoms with van der Waals surface area (Å²) in [7, 11) is 3.22. The molecule has 4 rings (SSSR count). The van der Waals surface area contributed by atoms with Crippen LogP contribution >= 0.6 is 11.8 Å². The Balaban J connectivity index is 1.61. The molecule has 0 unspecified atom stereocenters. The predicted molar refractivity (Wildman–Crippen MR) is 98.6 cm³/mol. The molecule has 0 aliphatic carbocycles. The van der Waals surface area contributed by atoms with E-state index >= 15 is 0 Å². The SMILES string of the molecule is COc1ccc(-c2nc(Sc3cnc4ccccc4n3)n[nH]2)c(OC)c1. The van der Waals surface area contributed by atoms with Crippen molar-refractivity contribution in [2.24, 2.45) is 0 Å². The number of benzene rings is 2. The summed E-state index contributed by atoms with van der Waals surface area (Å²) in [5.74, 6) is 1.98. The zero-order chi connectivity index (χ0) is 17.9. The molecule has 7 nitrogen and oxygen atoms in total. The highest BCUT2D eigenvalue weighted by Crippen LogP contribution is 2.32. The first-order chi connectivity index (χ1) is 12.8. The van der Waals surface area contributed by atoms with Gasteiger partial charge in [-0.2, -0.15) is 0 Å². The molecule has 2 aromatic carbocycles. The van der Waals surface area contributed by atoms with E-state index in [0.717, 1.165) is 21.6 Å². The van der Waals surface area contributed by atoms with Crippen molar-refractivity contribution in [1.29, 1.82) is 0 Å². The number of methoxy groups -OCH3 is 2. The van der Waals surface area contributed by atoms with E-state index in [4.69, 9.17) is 9.47 Å². The van der Waals surface area contributed by atoms with Crippen LogP contribution in [0.5, 0.6) is 11.5 Å². The molecule has 0 atom stereocenters. The second-order valence-corrected chi connectivity index (χ2v) is 6.32. The first-order valence-corrected chi connectivity index (χ1v) is 8.63. The predicted octanol–water partition coefficient (Wildman–Crippen LogP) is 3.58. The van der Waals surface area contributed by atoms with Crippen molar-refractivity contribution >= 4 is 22.8 Å². The van der Waals surface area contributed by atoms with Crippen LogP contribution in [0.2, 0.25) is 0 Å². The summed E-state index contributed by atoms with van der Waals surface area (Å²) < 4.78 is 10.6. The molecule has 0 amide bonds. The topological polar surface area (TPSA) is 85.8 Å². The summed E-state index contributed by atoms with van der Waals surface area (Å²) in [6.45, 7) is 0. The number of ether oxygens (including phenoxy) is 2. The lowest BCUT2D eigenvalue weighted by atomic mass is 10.2. The molecule has 0 spiro atoms. The van der Waals surface area contributed by atoms with E-state index in [-0.39, 0.29) is 0 Å². The minimum Gasteiger partial charge on any atom is -0.497 e. The molecular weight excluding hydrogens is 350 g/mol. The Morgan fingerprint density at radius 2 is 1.81 bits per heavy atom. The van der Waals surface area contributed by atoms with E-state index in [0.29, 0.717) is 22.5 Å². The molecule has 2 aromatic heterocycles. The van der Waals surface area contributed by atoms with Crippen LogP contribution in [0.4, 0.5) is 0 Å². The minimum absolute atomic E-state index is 0.558. The largest absolute Gasteiger partial charge is 0.497 e. The van der Waals surface area contributed by atoms with Crippen LogP contribution in [0.1, 0.15) is 0 Å². The normalized spacial score (nSPS) is 10.8. The quantitative estimate of drug-likeness (QED) is 0.578. The fourth-order valence-electron chi connectivity index (χ4n) is 2.49. The Hall–Kier alpha value is -3.13. The Labute approximate surface area is 153 Å². The smallest absolute Gasteiger partial charge is 0.215 e. The highest BCUT2D eigenvalue weighted by atomic mass is 32.2. The molecule has 0 aliphatic heterocycles. The molecule has 0 radical (unpaired) electrons. The summed E-state index contributed by atoms with van der Waals surface area (Å²) in [5, 5.41) is 8.49. The molecule has 0 saturated carbocycles. The number of rotatable bonds is 5. The minimum atomic E-state index is 0.558. The highest BCUT2D eigenvalue weighted by molar-refractivity contribution is 7.99. The molecule has 130 valence electrons. The van der Waals surface area contributed by atoms with Crippen molar-refractivity contribution in [1.82, 2.24) is 25.1 Å². The third-order valence-electron chi connectivity index (χ3n) is 3.75. The van der Waals surface area contributed by atoms with E-state index in [1.807, 2.05) is 36.4 Å². The van der Waals surface area contributed by atoms with E-state index < -0.39 is 0 Å². The maximum absolute atomic E-state index is 5.42. The highest BCUT2D eigenvalue weighted by Gasteiger charge is 2.13. The van der Waals surface area contributed by atoms with E-state index in [1.165, 1.54) is 11.8 Å². The second kappa shape index (κ2) is 7.01. The van der Waals surface area contributed by atoms with Crippen molar-refractivity contribution in [3.8, 4) is 22.9 Å². The number of hydrogen-bond acceptors (Lipinski definition) is 7. The number of para-hydroxylation sites is 2. The first-order valence-electron chi connectivity index (χ1n) is 7.81. The Bertz CT molecular complexity index is 1070. The Morgan fingerprint density at radius 1 is 0.962 bits per heavy atom. The second-order valence-electron chi connectivity index (χ2n) is 5.33. The third-order valence-corrected chi connectivity index (χ3v) is 4.52. The van der Waals surface area contributed by atoms with Gasteiger partial charge in [0.1, 0.15) is 16.5 Å². The van der Waals surface area contributed by atoms with Crippen molar-refractivity contribution < 1.29 is 9.47 Å². The average molecular weight is 365 g/mol. The summed E-state index contributed by atoms with van der Waals surface area (Å²) in [5.41, 5.74) is 2.50. The zero-order valence-electron chi connectivity index (χ0n) is 14.1. The molecule has 1 N–H and O–H groups in total. The summed E-state index contributed by atoms with van der Waals surface area (Å²) >= 11 is 1.35. The fraction of sp³-hybridized carbons (Fsp3) is 0.111. The molecule has 2 heterocycles. The van der Waals surface area contributed by atoms with Gasteiger partial charge in [0.15, 0.2) is 5.82 Å². The number of aromatic nitrogens is 5. The van der Waals surface area contributed by atoms with Crippen LogP contribution in [0.15, 0.2) is 58.8 Å². The van der Waals surface area contributed by atoms with Crippen molar-refractivity contribution in [2.45, 2.75) is 10.2 Å². The number of fused-ring (bicyclic) bond motifs is 1. The molecule has 0 aliphatic rings. The van der Waals surface area contributed by atoms with Gasteiger partial charge in [-0.05, 0) is 36.0 Å². The lowest BCUT2D eigenvalue weighted by Crippen LogP contribution is -1.91. The Kier molecular flexibility index (Phi) is 4.40. The number of hydrogen-bond donors (Lipinski definition) is 1. The van der Waals surface area contributed by atoms with Crippen LogP contribution in [-0.2, 0) is 0 Å². The lowest BCUT2D eigenvalue weighted by molar-refractivity contribution is 0.395. The van der Waals surface area contributed by atoms with Gasteiger partial charge in [0, 0.05) is 6.07 Å². The van der Waals surface area contributed by atoms with Crippen LogP contribution in [0.25, 0.3) is 22.4 Å². The zero-order valence-corrected chi connectivity index (χ0v) is 14.9. The van der Waals surface area contributed by atoms with E-state index in [2.05, 4.69) is 25.1 Å². The molecule has 8 heteroatoms. The van der Waals surface area contributed by atoms with Gasteiger partial charge in [0.2, 0.25) is 5.16 Å². The number of nitrogens with zero attached hydrogens (tertiary/aromatic N) is 4. The van der Waals surface area contributed by atoms with E-state index in [1.54, 1.807) is 26.5 Å². The van der Waals surface area contributed by atoms with Crippen molar-refractivity contribution in [3.05, 3.63) is 48.7 Å². The maximum atomic E-state index is 5.42. The molecule has 26 heavy (non-hydrogen) atoms. The first kappa shape index (κ1) is 16.3. The summed E-state index contributed by atoms with van der Waals surface area (Å²) in [4.78, 5) is 13.5. The standard InChI is InChI=1S/C18H15N5O2S/c1-24-11-7-8-12(15(9-11)25-2)17-21-18(23-22-17)26-16-10-19-13-5-3-4-6-14(13)20-16/h3-10H,1-2H3,(H,21,22,23). The summed E-state index contributed by atoms with van der Waals surface area (Å²) in [6, 6.07) is 13.3. The monoisotopic (exact) mass is 365 g/mol. The van der Waals surface area contributed by atoms with Gasteiger partial charge >= 0.3 is 0 Å². The fourth-order valence-corrected chi connectivity index (χ4v) is 3.15. The number of nitrogens with one attached hydrogen (secondary N) is 1. The lowest BCUT2D eigenvalue weighted by Gasteiger charge is -2.07.